The molecule has 0 heterocycles. The van der Waals surface area contributed by atoms with Gasteiger partial charge in [-0.2, -0.15) is 0 Å². The third kappa shape index (κ3) is 7.93. The Morgan fingerprint density at radius 3 is 0.677 bits per heavy atom. The summed E-state index contributed by atoms with van der Waals surface area (Å²) in [5, 5.41) is 0. The van der Waals surface area contributed by atoms with Crippen molar-refractivity contribution in [2.24, 2.45) is 0 Å². The molecule has 0 unspecified atom stereocenters. The second-order valence-corrected chi connectivity index (χ2v) is 15.4. The zero-order valence-corrected chi connectivity index (χ0v) is 34.3. The standard InChI is InChI=1S/C60H44N2/c1-5-17-45(18-6-1)47-29-33-49(34-30-47)51-37-41-55(42-38-51)61(53-21-9-3-10-22-53)59-27-15-13-25-57(59)58-26-14-16-28-60(58)62(54-23-11-4-12-24-54)56-43-39-52(40-44-56)50-35-31-48(32-36-50)46-19-7-2-8-20-46/h1-44H. The van der Waals surface area contributed by atoms with Gasteiger partial charge >= 0.3 is 0 Å². The SMILES string of the molecule is c1ccc(-c2ccc(-c3ccc(N(c4ccccc4)c4ccccc4-c4ccccc4N(c4ccccc4)c4ccc(-c5ccc(-c6ccccc6)cc5)cc4)cc3)cc2)cc1. The Morgan fingerprint density at radius 1 is 0.161 bits per heavy atom. The molecule has 0 fully saturated rings. The Balaban J connectivity index is 1.02. The molecule has 0 saturated heterocycles. The van der Waals surface area contributed by atoms with Crippen molar-refractivity contribution in [3.63, 3.8) is 0 Å². The summed E-state index contributed by atoms with van der Waals surface area (Å²) in [5.41, 5.74) is 18.4. The number of para-hydroxylation sites is 4. The fourth-order valence-electron chi connectivity index (χ4n) is 8.38. The fraction of sp³-hybridized carbons (Fsp3) is 0. The highest BCUT2D eigenvalue weighted by Gasteiger charge is 2.22. The van der Waals surface area contributed by atoms with Crippen LogP contribution in [0.15, 0.2) is 267 Å². The van der Waals surface area contributed by atoms with Crippen LogP contribution in [0.3, 0.4) is 0 Å². The van der Waals surface area contributed by atoms with Gasteiger partial charge in [-0.1, -0.05) is 206 Å². The molecular weight excluding hydrogens is 749 g/mol. The maximum Gasteiger partial charge on any atom is 0.0540 e. The van der Waals surface area contributed by atoms with E-state index in [4.69, 9.17) is 0 Å². The molecule has 62 heavy (non-hydrogen) atoms. The number of hydrogen-bond donors (Lipinski definition) is 0. The quantitative estimate of drug-likeness (QED) is 0.129. The van der Waals surface area contributed by atoms with Gasteiger partial charge in [0.2, 0.25) is 0 Å². The lowest BCUT2D eigenvalue weighted by molar-refractivity contribution is 1.27. The van der Waals surface area contributed by atoms with Gasteiger partial charge in [0.05, 0.1) is 11.4 Å². The summed E-state index contributed by atoms with van der Waals surface area (Å²) in [6, 6.07) is 95.5. The van der Waals surface area contributed by atoms with E-state index in [1.165, 1.54) is 44.5 Å². The molecule has 0 N–H and O–H groups in total. The Labute approximate surface area is 364 Å². The summed E-state index contributed by atoms with van der Waals surface area (Å²) >= 11 is 0. The molecule has 10 rings (SSSR count). The van der Waals surface area contributed by atoms with Crippen LogP contribution in [-0.2, 0) is 0 Å². The summed E-state index contributed by atoms with van der Waals surface area (Å²) in [4.78, 5) is 4.75. The Morgan fingerprint density at radius 2 is 0.371 bits per heavy atom. The van der Waals surface area contributed by atoms with Gasteiger partial charge in [-0.05, 0) is 105 Å². The minimum absolute atomic E-state index is 1.08. The smallest absolute Gasteiger partial charge is 0.0540 e. The first-order valence-corrected chi connectivity index (χ1v) is 21.2. The average molecular weight is 793 g/mol. The highest BCUT2D eigenvalue weighted by atomic mass is 15.2. The number of rotatable bonds is 11. The second kappa shape index (κ2) is 17.6. The summed E-state index contributed by atoms with van der Waals surface area (Å²) in [7, 11) is 0. The van der Waals surface area contributed by atoms with E-state index < -0.39 is 0 Å². The van der Waals surface area contributed by atoms with E-state index in [0.717, 1.165) is 45.3 Å². The summed E-state index contributed by atoms with van der Waals surface area (Å²) < 4.78 is 0. The number of hydrogen-bond acceptors (Lipinski definition) is 2. The highest BCUT2D eigenvalue weighted by molar-refractivity contribution is 5.96. The molecule has 10 aromatic rings. The molecular formula is C60H44N2. The van der Waals surface area contributed by atoms with Crippen molar-refractivity contribution in [1.82, 2.24) is 0 Å². The molecule has 0 aromatic heterocycles. The summed E-state index contributed by atoms with van der Waals surface area (Å²) in [6.45, 7) is 0. The van der Waals surface area contributed by atoms with Gasteiger partial charge in [0.15, 0.2) is 0 Å². The van der Waals surface area contributed by atoms with Crippen LogP contribution in [0.2, 0.25) is 0 Å². The molecule has 0 spiro atoms. The van der Waals surface area contributed by atoms with Crippen LogP contribution in [0.1, 0.15) is 0 Å². The third-order valence-electron chi connectivity index (χ3n) is 11.5. The first kappa shape index (κ1) is 38.0. The van der Waals surface area contributed by atoms with Gasteiger partial charge in [0.1, 0.15) is 0 Å². The number of benzene rings is 10. The molecule has 0 atom stereocenters. The van der Waals surface area contributed by atoms with Gasteiger partial charge in [-0.15, -0.1) is 0 Å². The third-order valence-corrected chi connectivity index (χ3v) is 11.5. The van der Waals surface area contributed by atoms with E-state index >= 15 is 0 Å². The molecule has 0 radical (unpaired) electrons. The lowest BCUT2D eigenvalue weighted by Gasteiger charge is -2.31. The summed E-state index contributed by atoms with van der Waals surface area (Å²) in [6.07, 6.45) is 0. The van der Waals surface area contributed by atoms with Gasteiger partial charge in [0, 0.05) is 33.9 Å². The fourth-order valence-corrected chi connectivity index (χ4v) is 8.38. The minimum atomic E-state index is 1.08. The zero-order chi connectivity index (χ0) is 41.5. The van der Waals surface area contributed by atoms with E-state index in [1.54, 1.807) is 0 Å². The maximum absolute atomic E-state index is 2.37. The molecule has 2 heteroatoms. The minimum Gasteiger partial charge on any atom is -0.310 e. The van der Waals surface area contributed by atoms with E-state index in [9.17, 15) is 0 Å². The predicted molar refractivity (Wildman–Crippen MR) is 263 cm³/mol. The lowest BCUT2D eigenvalue weighted by Crippen LogP contribution is -2.13. The van der Waals surface area contributed by atoms with Gasteiger partial charge in [-0.3, -0.25) is 0 Å². The van der Waals surface area contributed by atoms with E-state index in [0.29, 0.717) is 0 Å². The normalized spacial score (nSPS) is 10.9. The topological polar surface area (TPSA) is 6.48 Å². The van der Waals surface area contributed by atoms with Crippen molar-refractivity contribution in [2.75, 3.05) is 9.80 Å². The second-order valence-electron chi connectivity index (χ2n) is 15.4. The van der Waals surface area contributed by atoms with Crippen LogP contribution in [0.25, 0.3) is 55.6 Å². The van der Waals surface area contributed by atoms with Crippen LogP contribution >= 0.6 is 0 Å². The number of nitrogens with zero attached hydrogens (tertiary/aromatic N) is 2. The Kier molecular flexibility index (Phi) is 10.8. The molecule has 0 bridgehead atoms. The number of anilines is 6. The van der Waals surface area contributed by atoms with Crippen LogP contribution in [0.4, 0.5) is 34.1 Å². The molecule has 0 aliphatic carbocycles. The van der Waals surface area contributed by atoms with Gasteiger partial charge in [0.25, 0.3) is 0 Å². The highest BCUT2D eigenvalue weighted by Crippen LogP contribution is 2.47. The Hall–Kier alpha value is -8.20. The molecule has 0 aliphatic heterocycles. The van der Waals surface area contributed by atoms with Crippen molar-refractivity contribution < 1.29 is 0 Å². The molecule has 2 nitrogen and oxygen atoms in total. The maximum atomic E-state index is 2.37. The molecule has 0 amide bonds. The largest absolute Gasteiger partial charge is 0.310 e. The molecule has 10 aromatic carbocycles. The van der Waals surface area contributed by atoms with Crippen molar-refractivity contribution in [3.05, 3.63) is 267 Å². The first-order chi connectivity index (χ1) is 30.8. The van der Waals surface area contributed by atoms with Gasteiger partial charge < -0.3 is 9.80 Å². The molecule has 0 aliphatic rings. The van der Waals surface area contributed by atoms with Crippen LogP contribution in [0, 0.1) is 0 Å². The molecule has 294 valence electrons. The van der Waals surface area contributed by atoms with Crippen LogP contribution in [-0.4, -0.2) is 0 Å². The first-order valence-electron chi connectivity index (χ1n) is 21.2. The van der Waals surface area contributed by atoms with Gasteiger partial charge in [-0.25, -0.2) is 0 Å². The zero-order valence-electron chi connectivity index (χ0n) is 34.3. The monoisotopic (exact) mass is 792 g/mol. The summed E-state index contributed by atoms with van der Waals surface area (Å²) in [5.74, 6) is 0. The van der Waals surface area contributed by atoms with Crippen molar-refractivity contribution >= 4 is 34.1 Å². The molecule has 0 saturated carbocycles. The van der Waals surface area contributed by atoms with Crippen LogP contribution in [0.5, 0.6) is 0 Å². The van der Waals surface area contributed by atoms with Crippen LogP contribution < -0.4 is 9.80 Å². The van der Waals surface area contributed by atoms with Crippen molar-refractivity contribution in [1.29, 1.82) is 0 Å². The Bertz CT molecular complexity index is 2790. The van der Waals surface area contributed by atoms with E-state index in [2.05, 4.69) is 277 Å². The predicted octanol–water partition coefficient (Wildman–Crippen LogP) is 17.0. The lowest BCUT2D eigenvalue weighted by atomic mass is 9.97. The van der Waals surface area contributed by atoms with Crippen molar-refractivity contribution in [2.45, 2.75) is 0 Å². The van der Waals surface area contributed by atoms with E-state index in [1.807, 2.05) is 0 Å². The van der Waals surface area contributed by atoms with E-state index in [-0.39, 0.29) is 0 Å². The average Bonchev–Trinajstić information content (AvgIpc) is 3.36. The van der Waals surface area contributed by atoms with Crippen molar-refractivity contribution in [3.8, 4) is 55.6 Å².